The highest BCUT2D eigenvalue weighted by Crippen LogP contribution is 2.25. The van der Waals surface area contributed by atoms with Crippen molar-refractivity contribution in [1.29, 1.82) is 0 Å². The van der Waals surface area contributed by atoms with Crippen LogP contribution in [-0.2, 0) is 16.1 Å². The zero-order valence-corrected chi connectivity index (χ0v) is 19.5. The van der Waals surface area contributed by atoms with Crippen LogP contribution < -0.4 is 15.5 Å². The Hall–Kier alpha value is -3.79. The van der Waals surface area contributed by atoms with Crippen molar-refractivity contribution in [1.82, 2.24) is 30.1 Å². The Morgan fingerprint density at radius 3 is 2.49 bits per heavy atom. The lowest BCUT2D eigenvalue weighted by atomic mass is 10.1. The summed E-state index contributed by atoms with van der Waals surface area (Å²) in [5.41, 5.74) is 1.55. The number of carbonyl (C=O) groups is 2. The third-order valence-corrected chi connectivity index (χ3v) is 6.12. The van der Waals surface area contributed by atoms with Crippen molar-refractivity contribution in [3.63, 3.8) is 0 Å². The Kier molecular flexibility index (Phi) is 8.39. The van der Waals surface area contributed by atoms with Gasteiger partial charge in [-0.05, 0) is 30.2 Å². The van der Waals surface area contributed by atoms with Crippen LogP contribution in [0.5, 0.6) is 0 Å². The van der Waals surface area contributed by atoms with Crippen LogP contribution in [0, 0.1) is 5.82 Å². The summed E-state index contributed by atoms with van der Waals surface area (Å²) in [5.74, 6) is -1.54. The molecular formula is C25H30FN7O2. The number of nitrogens with one attached hydrogen (secondary N) is 2. The SMILES string of the molecule is O=C(NCCCn1ccnc1)C(=O)NC[C@H](c1cccnc1)N1CCN(c2ccccc2F)CC1. The number of nitrogens with zero attached hydrogens (tertiary/aromatic N) is 5. The maximum atomic E-state index is 14.2. The minimum absolute atomic E-state index is 0.149. The van der Waals surface area contributed by atoms with Crippen molar-refractivity contribution in [3.8, 4) is 0 Å². The summed E-state index contributed by atoms with van der Waals surface area (Å²) >= 11 is 0. The van der Waals surface area contributed by atoms with Crippen LogP contribution in [0.3, 0.4) is 0 Å². The number of carbonyl (C=O) groups excluding carboxylic acids is 2. The van der Waals surface area contributed by atoms with E-state index in [0.717, 1.165) is 5.56 Å². The van der Waals surface area contributed by atoms with Crippen molar-refractivity contribution in [2.75, 3.05) is 44.2 Å². The number of rotatable bonds is 9. The van der Waals surface area contributed by atoms with Crippen molar-refractivity contribution in [2.45, 2.75) is 19.0 Å². The summed E-state index contributed by atoms with van der Waals surface area (Å²) in [4.78, 5) is 37.1. The van der Waals surface area contributed by atoms with Crippen LogP contribution in [0.15, 0.2) is 67.5 Å². The predicted molar refractivity (Wildman–Crippen MR) is 130 cm³/mol. The smallest absolute Gasteiger partial charge is 0.309 e. The molecule has 1 fully saturated rings. The van der Waals surface area contributed by atoms with Gasteiger partial charge in [0, 0.05) is 70.6 Å². The number of imidazole rings is 1. The van der Waals surface area contributed by atoms with E-state index >= 15 is 0 Å². The first-order valence-electron chi connectivity index (χ1n) is 11.8. The number of para-hydroxylation sites is 1. The molecule has 2 amide bonds. The van der Waals surface area contributed by atoms with Gasteiger partial charge in [0.25, 0.3) is 0 Å². The predicted octanol–water partition coefficient (Wildman–Crippen LogP) is 1.60. The molecule has 2 aromatic heterocycles. The monoisotopic (exact) mass is 479 g/mol. The van der Waals surface area contributed by atoms with Crippen LogP contribution in [0.2, 0.25) is 0 Å². The largest absolute Gasteiger partial charge is 0.367 e. The highest BCUT2D eigenvalue weighted by molar-refractivity contribution is 6.35. The second kappa shape index (κ2) is 12.1. The molecule has 10 heteroatoms. The molecule has 9 nitrogen and oxygen atoms in total. The first kappa shape index (κ1) is 24.3. The summed E-state index contributed by atoms with van der Waals surface area (Å²) in [6, 6.07) is 10.4. The minimum Gasteiger partial charge on any atom is -0.367 e. The Morgan fingerprint density at radius 1 is 0.971 bits per heavy atom. The van der Waals surface area contributed by atoms with Crippen molar-refractivity contribution in [2.24, 2.45) is 0 Å². The van der Waals surface area contributed by atoms with Gasteiger partial charge in [0.05, 0.1) is 18.1 Å². The molecule has 0 aliphatic carbocycles. The number of amides is 2. The molecule has 1 atom stereocenters. The van der Waals surface area contributed by atoms with Crippen LogP contribution in [0.25, 0.3) is 0 Å². The number of piperazine rings is 1. The van der Waals surface area contributed by atoms with E-state index in [0.29, 0.717) is 51.4 Å². The number of hydrogen-bond acceptors (Lipinski definition) is 6. The summed E-state index contributed by atoms with van der Waals surface area (Å²) in [7, 11) is 0. The Labute approximate surface area is 204 Å². The van der Waals surface area contributed by atoms with E-state index < -0.39 is 11.8 Å². The van der Waals surface area contributed by atoms with Gasteiger partial charge in [-0.3, -0.25) is 19.5 Å². The molecular weight excluding hydrogens is 449 g/mol. The Bertz CT molecular complexity index is 1090. The van der Waals surface area contributed by atoms with Crippen molar-refractivity contribution >= 4 is 17.5 Å². The first-order valence-corrected chi connectivity index (χ1v) is 11.8. The van der Waals surface area contributed by atoms with Gasteiger partial charge in [-0.2, -0.15) is 0 Å². The lowest BCUT2D eigenvalue weighted by molar-refractivity contribution is -0.139. The fraction of sp³-hybridized carbons (Fsp3) is 0.360. The number of hydrogen-bond donors (Lipinski definition) is 2. The quantitative estimate of drug-likeness (QED) is 0.358. The second-order valence-electron chi connectivity index (χ2n) is 8.40. The average Bonchev–Trinajstić information content (AvgIpc) is 3.41. The maximum absolute atomic E-state index is 14.2. The summed E-state index contributed by atoms with van der Waals surface area (Å²) in [5, 5.41) is 5.44. The molecule has 3 aromatic rings. The molecule has 184 valence electrons. The van der Waals surface area contributed by atoms with E-state index in [9.17, 15) is 14.0 Å². The number of aromatic nitrogens is 3. The standard InChI is InChI=1S/C25H30FN7O2/c26-21-6-1-2-7-22(21)32-13-15-33(16-14-32)23(20-5-3-8-27-17-20)18-30-25(35)24(34)29-9-4-11-31-12-10-28-19-31/h1-3,5-8,10,12,17,19,23H,4,9,11,13-16,18H2,(H,29,34)(H,30,35)/t23-/m1/s1. The molecule has 0 saturated carbocycles. The highest BCUT2D eigenvalue weighted by Gasteiger charge is 2.27. The van der Waals surface area contributed by atoms with Crippen LogP contribution in [-0.4, -0.2) is 70.5 Å². The molecule has 0 spiro atoms. The molecule has 1 aromatic carbocycles. The van der Waals surface area contributed by atoms with Gasteiger partial charge in [0.1, 0.15) is 5.82 Å². The number of aryl methyl sites for hydroxylation is 1. The zero-order chi connectivity index (χ0) is 24.5. The fourth-order valence-corrected chi connectivity index (χ4v) is 4.25. The lowest BCUT2D eigenvalue weighted by Crippen LogP contribution is -2.51. The Balaban J connectivity index is 1.30. The average molecular weight is 480 g/mol. The molecule has 2 N–H and O–H groups in total. The van der Waals surface area contributed by atoms with Gasteiger partial charge < -0.3 is 20.1 Å². The molecule has 0 bridgehead atoms. The third kappa shape index (κ3) is 6.63. The number of halogens is 1. The highest BCUT2D eigenvalue weighted by atomic mass is 19.1. The maximum Gasteiger partial charge on any atom is 0.309 e. The summed E-state index contributed by atoms with van der Waals surface area (Å²) < 4.78 is 16.1. The molecule has 0 unspecified atom stereocenters. The molecule has 4 rings (SSSR count). The van der Waals surface area contributed by atoms with Gasteiger partial charge in [0.15, 0.2) is 0 Å². The van der Waals surface area contributed by atoms with Gasteiger partial charge in [-0.25, -0.2) is 9.37 Å². The Morgan fingerprint density at radius 2 is 1.77 bits per heavy atom. The van der Waals surface area contributed by atoms with Gasteiger partial charge in [-0.15, -0.1) is 0 Å². The topological polar surface area (TPSA) is 95.4 Å². The van der Waals surface area contributed by atoms with Gasteiger partial charge in [0.2, 0.25) is 0 Å². The first-order chi connectivity index (χ1) is 17.1. The molecule has 1 aliphatic heterocycles. The zero-order valence-electron chi connectivity index (χ0n) is 19.5. The number of pyridine rings is 1. The molecule has 1 saturated heterocycles. The van der Waals surface area contributed by atoms with Gasteiger partial charge in [-0.1, -0.05) is 18.2 Å². The normalized spacial score (nSPS) is 14.9. The van der Waals surface area contributed by atoms with E-state index in [2.05, 4.69) is 25.5 Å². The van der Waals surface area contributed by atoms with Crippen LogP contribution in [0.1, 0.15) is 18.0 Å². The second-order valence-corrected chi connectivity index (χ2v) is 8.40. The fourth-order valence-electron chi connectivity index (χ4n) is 4.25. The summed E-state index contributed by atoms with van der Waals surface area (Å²) in [6.45, 7) is 4.06. The van der Waals surface area contributed by atoms with E-state index in [-0.39, 0.29) is 18.4 Å². The van der Waals surface area contributed by atoms with Crippen LogP contribution in [0.4, 0.5) is 10.1 Å². The molecule has 3 heterocycles. The summed E-state index contributed by atoms with van der Waals surface area (Å²) in [6.07, 6.45) is 9.43. The molecule has 1 aliphatic rings. The van der Waals surface area contributed by atoms with Crippen molar-refractivity contribution < 1.29 is 14.0 Å². The molecule has 0 radical (unpaired) electrons. The van der Waals surface area contributed by atoms with E-state index in [1.165, 1.54) is 6.07 Å². The third-order valence-electron chi connectivity index (χ3n) is 6.12. The van der Waals surface area contributed by atoms with E-state index in [4.69, 9.17) is 0 Å². The number of benzene rings is 1. The van der Waals surface area contributed by atoms with Crippen molar-refractivity contribution in [3.05, 3.63) is 78.9 Å². The molecule has 35 heavy (non-hydrogen) atoms. The van der Waals surface area contributed by atoms with E-state index in [1.54, 1.807) is 37.1 Å². The minimum atomic E-state index is -0.661. The van der Waals surface area contributed by atoms with Crippen LogP contribution >= 0.6 is 0 Å². The van der Waals surface area contributed by atoms with E-state index in [1.807, 2.05) is 33.9 Å². The van der Waals surface area contributed by atoms with Gasteiger partial charge >= 0.3 is 11.8 Å². The number of anilines is 1. The lowest BCUT2D eigenvalue weighted by Gasteiger charge is -2.40.